The van der Waals surface area contributed by atoms with Crippen molar-refractivity contribution in [1.82, 2.24) is 4.98 Å². The maximum atomic E-state index is 12.6. The SMILES string of the molecule is CC1Oc2ccccc2OC1C(=O)Nc1nc2ccc(S(C)(=O)=O)cc2s1. The van der Waals surface area contributed by atoms with E-state index in [1.165, 1.54) is 17.4 Å². The third kappa shape index (κ3) is 3.47. The van der Waals surface area contributed by atoms with E-state index in [1.54, 1.807) is 37.3 Å². The highest BCUT2D eigenvalue weighted by Crippen LogP contribution is 2.34. The highest BCUT2D eigenvalue weighted by Gasteiger charge is 2.34. The molecule has 0 saturated heterocycles. The van der Waals surface area contributed by atoms with Gasteiger partial charge in [0.25, 0.3) is 5.91 Å². The van der Waals surface area contributed by atoms with E-state index in [9.17, 15) is 13.2 Å². The number of hydrogen-bond acceptors (Lipinski definition) is 7. The van der Waals surface area contributed by atoms with Crippen molar-refractivity contribution in [3.8, 4) is 11.5 Å². The zero-order valence-electron chi connectivity index (χ0n) is 14.5. The van der Waals surface area contributed by atoms with Gasteiger partial charge in [-0.15, -0.1) is 0 Å². The van der Waals surface area contributed by atoms with Gasteiger partial charge in [0.1, 0.15) is 6.10 Å². The zero-order chi connectivity index (χ0) is 19.2. The largest absolute Gasteiger partial charge is 0.482 e. The van der Waals surface area contributed by atoms with Gasteiger partial charge in [0.2, 0.25) is 6.10 Å². The lowest BCUT2D eigenvalue weighted by molar-refractivity contribution is -0.128. The second-order valence-electron chi connectivity index (χ2n) is 6.22. The smallest absolute Gasteiger partial charge is 0.271 e. The molecule has 2 unspecified atom stereocenters. The number of carbonyl (C=O) groups is 1. The monoisotopic (exact) mass is 404 g/mol. The Hall–Kier alpha value is -2.65. The van der Waals surface area contributed by atoms with Crippen molar-refractivity contribution >= 4 is 42.4 Å². The number of sulfone groups is 1. The summed E-state index contributed by atoms with van der Waals surface area (Å²) in [5, 5.41) is 3.11. The van der Waals surface area contributed by atoms with Crippen molar-refractivity contribution in [2.45, 2.75) is 24.0 Å². The fraction of sp³-hybridized carbons (Fsp3) is 0.222. The normalized spacial score (nSPS) is 19.0. The van der Waals surface area contributed by atoms with Crippen LogP contribution in [0.2, 0.25) is 0 Å². The molecule has 2 aromatic carbocycles. The Labute approximate surface area is 159 Å². The molecule has 1 N–H and O–H groups in total. The average Bonchev–Trinajstić information content (AvgIpc) is 3.01. The number of hydrogen-bond donors (Lipinski definition) is 1. The van der Waals surface area contributed by atoms with Crippen LogP contribution in [0.3, 0.4) is 0 Å². The predicted molar refractivity (Wildman–Crippen MR) is 102 cm³/mol. The average molecular weight is 404 g/mol. The van der Waals surface area contributed by atoms with Gasteiger partial charge >= 0.3 is 0 Å². The quantitative estimate of drug-likeness (QED) is 0.721. The van der Waals surface area contributed by atoms with Crippen LogP contribution in [0, 0.1) is 0 Å². The highest BCUT2D eigenvalue weighted by atomic mass is 32.2. The van der Waals surface area contributed by atoms with E-state index in [-0.39, 0.29) is 10.8 Å². The van der Waals surface area contributed by atoms with Crippen molar-refractivity contribution in [3.05, 3.63) is 42.5 Å². The molecule has 1 aromatic heterocycles. The van der Waals surface area contributed by atoms with Gasteiger partial charge in [-0.25, -0.2) is 13.4 Å². The molecule has 1 aliphatic rings. The lowest BCUT2D eigenvalue weighted by atomic mass is 10.1. The number of nitrogens with zero attached hydrogens (tertiary/aromatic N) is 1. The Morgan fingerprint density at radius 2 is 1.85 bits per heavy atom. The fourth-order valence-corrected chi connectivity index (χ4v) is 4.40. The maximum absolute atomic E-state index is 12.6. The molecular formula is C18H16N2O5S2. The van der Waals surface area contributed by atoms with Crippen LogP contribution in [0.15, 0.2) is 47.4 Å². The summed E-state index contributed by atoms with van der Waals surface area (Å²) in [4.78, 5) is 17.2. The first-order valence-electron chi connectivity index (χ1n) is 8.15. The first kappa shape index (κ1) is 17.7. The molecule has 0 saturated carbocycles. The molecule has 4 rings (SSSR count). The molecule has 0 spiro atoms. The maximum Gasteiger partial charge on any atom is 0.271 e. The summed E-state index contributed by atoms with van der Waals surface area (Å²) >= 11 is 1.20. The summed E-state index contributed by atoms with van der Waals surface area (Å²) in [5.41, 5.74) is 0.613. The minimum Gasteiger partial charge on any atom is -0.482 e. The first-order chi connectivity index (χ1) is 12.8. The van der Waals surface area contributed by atoms with Crippen molar-refractivity contribution in [2.75, 3.05) is 11.6 Å². The summed E-state index contributed by atoms with van der Waals surface area (Å²) in [6.07, 6.45) is -0.137. The number of benzene rings is 2. The van der Waals surface area contributed by atoms with Crippen LogP contribution in [-0.2, 0) is 14.6 Å². The topological polar surface area (TPSA) is 94.6 Å². The number of nitrogens with one attached hydrogen (secondary N) is 1. The number of fused-ring (bicyclic) bond motifs is 2. The number of anilines is 1. The van der Waals surface area contributed by atoms with Gasteiger partial charge < -0.3 is 9.47 Å². The highest BCUT2D eigenvalue weighted by molar-refractivity contribution is 7.90. The summed E-state index contributed by atoms with van der Waals surface area (Å²) in [5.74, 6) is 0.736. The van der Waals surface area contributed by atoms with Gasteiger partial charge in [-0.3, -0.25) is 10.1 Å². The number of ether oxygens (including phenoxy) is 2. The van der Waals surface area contributed by atoms with E-state index in [2.05, 4.69) is 10.3 Å². The van der Waals surface area contributed by atoms with Crippen molar-refractivity contribution in [3.63, 3.8) is 0 Å². The van der Waals surface area contributed by atoms with Crippen LogP contribution < -0.4 is 14.8 Å². The Balaban J connectivity index is 1.56. The van der Waals surface area contributed by atoms with Crippen LogP contribution in [0.4, 0.5) is 5.13 Å². The Bertz CT molecular complexity index is 1140. The molecule has 0 fully saturated rings. The molecule has 7 nitrogen and oxygen atoms in total. The van der Waals surface area contributed by atoms with Gasteiger partial charge in [-0.05, 0) is 37.3 Å². The number of amides is 1. The number of carbonyl (C=O) groups excluding carboxylic acids is 1. The summed E-state index contributed by atoms with van der Waals surface area (Å²) < 4.78 is 35.6. The Morgan fingerprint density at radius 3 is 2.56 bits per heavy atom. The van der Waals surface area contributed by atoms with E-state index < -0.39 is 22.0 Å². The van der Waals surface area contributed by atoms with Crippen LogP contribution in [0.1, 0.15) is 6.92 Å². The molecule has 1 aliphatic heterocycles. The van der Waals surface area contributed by atoms with Crippen LogP contribution in [0.5, 0.6) is 11.5 Å². The van der Waals surface area contributed by atoms with Crippen LogP contribution >= 0.6 is 11.3 Å². The van der Waals surface area contributed by atoms with Gasteiger partial charge in [-0.2, -0.15) is 0 Å². The number of para-hydroxylation sites is 2. The van der Waals surface area contributed by atoms with Gasteiger partial charge in [0.15, 0.2) is 26.5 Å². The minimum absolute atomic E-state index is 0.214. The number of rotatable bonds is 3. The second kappa shape index (κ2) is 6.50. The third-order valence-corrected chi connectivity index (χ3v) is 6.16. The molecule has 9 heteroatoms. The van der Waals surface area contributed by atoms with Gasteiger partial charge in [0.05, 0.1) is 15.1 Å². The summed E-state index contributed by atoms with van der Waals surface area (Å²) in [7, 11) is -3.31. The molecule has 0 radical (unpaired) electrons. The van der Waals surface area contributed by atoms with E-state index in [0.717, 1.165) is 6.26 Å². The molecule has 3 aromatic rings. The number of aromatic nitrogens is 1. The van der Waals surface area contributed by atoms with E-state index in [0.29, 0.717) is 26.8 Å². The predicted octanol–water partition coefficient (Wildman–Crippen LogP) is 2.87. The first-order valence-corrected chi connectivity index (χ1v) is 10.9. The van der Waals surface area contributed by atoms with E-state index >= 15 is 0 Å². The number of thiazole rings is 1. The lowest BCUT2D eigenvalue weighted by Gasteiger charge is -2.30. The van der Waals surface area contributed by atoms with Crippen molar-refractivity contribution < 1.29 is 22.7 Å². The molecule has 0 bridgehead atoms. The molecule has 1 amide bonds. The van der Waals surface area contributed by atoms with Crippen LogP contribution in [-0.4, -0.2) is 37.8 Å². The summed E-state index contributed by atoms with van der Waals surface area (Å²) in [6.45, 7) is 1.76. The fourth-order valence-electron chi connectivity index (χ4n) is 2.77. The lowest BCUT2D eigenvalue weighted by Crippen LogP contribution is -2.46. The molecular weight excluding hydrogens is 388 g/mol. The summed E-state index contributed by atoms with van der Waals surface area (Å²) in [6, 6.07) is 11.8. The molecule has 27 heavy (non-hydrogen) atoms. The van der Waals surface area contributed by atoms with Gasteiger partial charge in [0, 0.05) is 6.26 Å². The molecule has 0 aliphatic carbocycles. The Morgan fingerprint density at radius 1 is 1.15 bits per heavy atom. The van der Waals surface area contributed by atoms with Crippen molar-refractivity contribution in [1.29, 1.82) is 0 Å². The standard InChI is InChI=1S/C18H16N2O5S2/c1-10-16(25-14-6-4-3-5-13(14)24-10)17(21)20-18-19-12-8-7-11(27(2,22)23)9-15(12)26-18/h3-10,16H,1-2H3,(H,19,20,21). The van der Waals surface area contributed by atoms with Crippen molar-refractivity contribution in [2.24, 2.45) is 0 Å². The Kier molecular flexibility index (Phi) is 4.27. The van der Waals surface area contributed by atoms with Gasteiger partial charge in [-0.1, -0.05) is 23.5 Å². The second-order valence-corrected chi connectivity index (χ2v) is 9.26. The third-order valence-electron chi connectivity index (χ3n) is 4.12. The molecule has 2 heterocycles. The van der Waals surface area contributed by atoms with E-state index in [1.807, 2.05) is 6.07 Å². The molecule has 2 atom stereocenters. The van der Waals surface area contributed by atoms with E-state index in [4.69, 9.17) is 9.47 Å². The zero-order valence-corrected chi connectivity index (χ0v) is 16.1. The minimum atomic E-state index is -3.31. The molecule has 140 valence electrons. The van der Waals surface area contributed by atoms with Crippen LogP contribution in [0.25, 0.3) is 10.2 Å².